The number of rotatable bonds is 2. The quantitative estimate of drug-likeness (QED) is 0.670. The standard InChI is InChI=1S/C13H8Cl2FN3/c14-6-13-18-11-7-17-4-3-12(11)19(13)8-1-2-10(16)9(15)5-8/h1-5,7H,6H2. The molecular formula is C13H8Cl2FN3. The van der Waals surface area contributed by atoms with Crippen LogP contribution in [0.25, 0.3) is 16.7 Å². The van der Waals surface area contributed by atoms with Crippen molar-refractivity contribution in [1.82, 2.24) is 14.5 Å². The summed E-state index contributed by atoms with van der Waals surface area (Å²) in [5.74, 6) is 0.445. The third kappa shape index (κ3) is 2.07. The van der Waals surface area contributed by atoms with E-state index < -0.39 is 5.82 Å². The topological polar surface area (TPSA) is 30.7 Å². The number of aromatic nitrogens is 3. The average molecular weight is 296 g/mol. The molecule has 0 unspecified atom stereocenters. The molecule has 6 heteroatoms. The van der Waals surface area contributed by atoms with Crippen molar-refractivity contribution in [3.63, 3.8) is 0 Å². The second kappa shape index (κ2) is 4.79. The minimum atomic E-state index is -0.455. The lowest BCUT2D eigenvalue weighted by Gasteiger charge is -2.08. The highest BCUT2D eigenvalue weighted by atomic mass is 35.5. The fourth-order valence-electron chi connectivity index (χ4n) is 1.98. The fourth-order valence-corrected chi connectivity index (χ4v) is 2.34. The Morgan fingerprint density at radius 3 is 2.84 bits per heavy atom. The first kappa shape index (κ1) is 12.4. The van der Waals surface area contributed by atoms with Crippen LogP contribution in [0.3, 0.4) is 0 Å². The molecule has 2 heterocycles. The lowest BCUT2D eigenvalue weighted by Crippen LogP contribution is -1.99. The normalized spacial score (nSPS) is 11.1. The largest absolute Gasteiger partial charge is 0.295 e. The summed E-state index contributed by atoms with van der Waals surface area (Å²) in [6.45, 7) is 0. The molecule has 0 amide bonds. The van der Waals surface area contributed by atoms with Gasteiger partial charge in [0.2, 0.25) is 0 Å². The van der Waals surface area contributed by atoms with Crippen LogP contribution in [-0.2, 0) is 5.88 Å². The highest BCUT2D eigenvalue weighted by Crippen LogP contribution is 2.25. The van der Waals surface area contributed by atoms with Crippen LogP contribution in [0, 0.1) is 5.82 Å². The zero-order valence-corrected chi connectivity index (χ0v) is 11.2. The molecule has 0 spiro atoms. The van der Waals surface area contributed by atoms with Crippen molar-refractivity contribution in [2.75, 3.05) is 0 Å². The van der Waals surface area contributed by atoms with E-state index in [2.05, 4.69) is 9.97 Å². The third-order valence-corrected chi connectivity index (χ3v) is 3.34. The molecule has 3 aromatic rings. The van der Waals surface area contributed by atoms with E-state index >= 15 is 0 Å². The van der Waals surface area contributed by atoms with E-state index in [9.17, 15) is 4.39 Å². The summed E-state index contributed by atoms with van der Waals surface area (Å²) in [7, 11) is 0. The van der Waals surface area contributed by atoms with Crippen molar-refractivity contribution in [3.8, 4) is 5.69 Å². The first-order valence-electron chi connectivity index (χ1n) is 5.53. The van der Waals surface area contributed by atoms with Crippen LogP contribution in [0.1, 0.15) is 5.82 Å². The van der Waals surface area contributed by atoms with Gasteiger partial charge in [-0.2, -0.15) is 0 Å². The number of fused-ring (bicyclic) bond motifs is 1. The van der Waals surface area contributed by atoms with Gasteiger partial charge in [0.15, 0.2) is 0 Å². The number of halogens is 3. The molecule has 0 saturated heterocycles. The van der Waals surface area contributed by atoms with E-state index in [0.717, 1.165) is 16.7 Å². The number of nitrogens with zero attached hydrogens (tertiary/aromatic N) is 3. The van der Waals surface area contributed by atoms with Gasteiger partial charge in [0.1, 0.15) is 17.2 Å². The number of benzene rings is 1. The van der Waals surface area contributed by atoms with Crippen molar-refractivity contribution in [2.24, 2.45) is 0 Å². The van der Waals surface area contributed by atoms with Gasteiger partial charge in [-0.25, -0.2) is 9.37 Å². The number of imidazole rings is 1. The molecule has 0 aliphatic carbocycles. The number of pyridine rings is 1. The second-order valence-corrected chi connectivity index (χ2v) is 4.63. The Kier molecular flexibility index (Phi) is 3.12. The van der Waals surface area contributed by atoms with E-state index in [1.165, 1.54) is 6.07 Å². The Hall–Kier alpha value is -1.65. The average Bonchev–Trinajstić information content (AvgIpc) is 2.80. The van der Waals surface area contributed by atoms with E-state index in [-0.39, 0.29) is 10.9 Å². The van der Waals surface area contributed by atoms with Crippen LogP contribution in [-0.4, -0.2) is 14.5 Å². The minimum absolute atomic E-state index is 0.0638. The first-order chi connectivity index (χ1) is 9.20. The monoisotopic (exact) mass is 295 g/mol. The van der Waals surface area contributed by atoms with Crippen molar-refractivity contribution >= 4 is 34.2 Å². The molecule has 0 atom stereocenters. The summed E-state index contributed by atoms with van der Waals surface area (Å²) < 4.78 is 15.1. The molecule has 2 aromatic heterocycles. The summed E-state index contributed by atoms with van der Waals surface area (Å²) in [6.07, 6.45) is 3.33. The van der Waals surface area contributed by atoms with E-state index in [4.69, 9.17) is 23.2 Å². The van der Waals surface area contributed by atoms with Crippen LogP contribution in [0.2, 0.25) is 5.02 Å². The van der Waals surface area contributed by atoms with E-state index in [1.54, 1.807) is 24.5 Å². The maximum atomic E-state index is 13.2. The molecule has 0 aliphatic heterocycles. The molecule has 96 valence electrons. The Morgan fingerprint density at radius 1 is 1.26 bits per heavy atom. The van der Waals surface area contributed by atoms with Gasteiger partial charge in [-0.1, -0.05) is 11.6 Å². The first-order valence-corrected chi connectivity index (χ1v) is 6.44. The third-order valence-electron chi connectivity index (χ3n) is 2.81. The van der Waals surface area contributed by atoms with E-state index in [1.807, 2.05) is 10.6 Å². The Morgan fingerprint density at radius 2 is 2.11 bits per heavy atom. The summed E-state index contributed by atoms with van der Waals surface area (Å²) in [5, 5.41) is 0.0638. The van der Waals surface area contributed by atoms with Gasteiger partial charge in [-0.3, -0.25) is 9.55 Å². The number of hydrogen-bond donors (Lipinski definition) is 0. The zero-order valence-electron chi connectivity index (χ0n) is 9.65. The smallest absolute Gasteiger partial charge is 0.141 e. The molecule has 3 rings (SSSR count). The molecule has 0 bridgehead atoms. The highest BCUT2D eigenvalue weighted by Gasteiger charge is 2.12. The van der Waals surface area contributed by atoms with Gasteiger partial charge in [-0.05, 0) is 24.3 Å². The molecule has 0 saturated carbocycles. The summed E-state index contributed by atoms with van der Waals surface area (Å²) >= 11 is 11.7. The van der Waals surface area contributed by atoms with Crippen LogP contribution in [0.4, 0.5) is 4.39 Å². The van der Waals surface area contributed by atoms with Crippen LogP contribution < -0.4 is 0 Å². The molecule has 1 aromatic carbocycles. The summed E-state index contributed by atoms with van der Waals surface area (Å²) in [6, 6.07) is 6.34. The number of hydrogen-bond acceptors (Lipinski definition) is 2. The van der Waals surface area contributed by atoms with Gasteiger partial charge in [0, 0.05) is 11.9 Å². The molecule has 0 radical (unpaired) electrons. The molecule has 0 N–H and O–H groups in total. The minimum Gasteiger partial charge on any atom is -0.295 e. The highest BCUT2D eigenvalue weighted by molar-refractivity contribution is 6.30. The lowest BCUT2D eigenvalue weighted by atomic mass is 10.3. The Bertz CT molecular complexity index is 755. The fraction of sp³-hybridized carbons (Fsp3) is 0.0769. The van der Waals surface area contributed by atoms with Crippen molar-refractivity contribution < 1.29 is 4.39 Å². The molecule has 0 fully saturated rings. The zero-order chi connectivity index (χ0) is 13.4. The number of alkyl halides is 1. The van der Waals surface area contributed by atoms with Gasteiger partial charge in [0.25, 0.3) is 0 Å². The molecule has 0 aliphatic rings. The van der Waals surface area contributed by atoms with Gasteiger partial charge in [-0.15, -0.1) is 11.6 Å². The summed E-state index contributed by atoms with van der Waals surface area (Å²) in [5.41, 5.74) is 2.31. The van der Waals surface area contributed by atoms with Crippen molar-refractivity contribution in [1.29, 1.82) is 0 Å². The van der Waals surface area contributed by atoms with Crippen LogP contribution in [0.15, 0.2) is 36.7 Å². The maximum Gasteiger partial charge on any atom is 0.141 e. The molecule has 3 nitrogen and oxygen atoms in total. The van der Waals surface area contributed by atoms with E-state index in [0.29, 0.717) is 5.82 Å². The summed E-state index contributed by atoms with van der Waals surface area (Å²) in [4.78, 5) is 8.41. The molecule has 19 heavy (non-hydrogen) atoms. The predicted molar refractivity (Wildman–Crippen MR) is 73.4 cm³/mol. The maximum absolute atomic E-state index is 13.2. The van der Waals surface area contributed by atoms with Gasteiger partial charge in [0.05, 0.1) is 22.6 Å². The second-order valence-electron chi connectivity index (χ2n) is 3.96. The van der Waals surface area contributed by atoms with Crippen LogP contribution in [0.5, 0.6) is 0 Å². The van der Waals surface area contributed by atoms with Crippen molar-refractivity contribution in [3.05, 3.63) is 53.3 Å². The molecular weight excluding hydrogens is 288 g/mol. The Labute approximate surface area is 118 Å². The van der Waals surface area contributed by atoms with Gasteiger partial charge >= 0.3 is 0 Å². The SMILES string of the molecule is Fc1ccc(-n2c(CCl)nc3cnccc32)cc1Cl. The Balaban J connectivity index is 2.31. The van der Waals surface area contributed by atoms with Gasteiger partial charge < -0.3 is 0 Å². The lowest BCUT2D eigenvalue weighted by molar-refractivity contribution is 0.628. The predicted octanol–water partition coefficient (Wildman–Crippen LogP) is 3.95. The van der Waals surface area contributed by atoms with Crippen LogP contribution >= 0.6 is 23.2 Å². The van der Waals surface area contributed by atoms with Crippen molar-refractivity contribution in [2.45, 2.75) is 5.88 Å².